The van der Waals surface area contributed by atoms with Crippen molar-refractivity contribution in [3.05, 3.63) is 28.2 Å². The van der Waals surface area contributed by atoms with Gasteiger partial charge in [0.05, 0.1) is 11.1 Å². The molecule has 1 aliphatic rings. The Kier molecular flexibility index (Phi) is 4.90. The van der Waals surface area contributed by atoms with Gasteiger partial charge in [0.1, 0.15) is 0 Å². The highest BCUT2D eigenvalue weighted by atomic mass is 79.9. The Bertz CT molecular complexity index is 470. The van der Waals surface area contributed by atoms with Crippen LogP contribution in [0.1, 0.15) is 37.7 Å². The molecule has 1 fully saturated rings. The average molecular weight is 371 g/mol. The molecule has 1 aliphatic carbocycles. The van der Waals surface area contributed by atoms with Crippen molar-refractivity contribution in [1.82, 2.24) is 0 Å². The summed E-state index contributed by atoms with van der Waals surface area (Å²) in [4.78, 5) is 0. The van der Waals surface area contributed by atoms with Crippen LogP contribution >= 0.6 is 27.5 Å². The van der Waals surface area contributed by atoms with Gasteiger partial charge in [-0.2, -0.15) is 13.2 Å². The van der Waals surface area contributed by atoms with Gasteiger partial charge in [-0.05, 0) is 47.0 Å². The summed E-state index contributed by atoms with van der Waals surface area (Å²) in [5.74, 6) is 0.459. The second kappa shape index (κ2) is 6.14. The van der Waals surface area contributed by atoms with Gasteiger partial charge in [0, 0.05) is 16.0 Å². The molecule has 1 nitrogen and oxygen atoms in total. The molecule has 0 unspecified atom stereocenters. The number of halogens is 5. The van der Waals surface area contributed by atoms with Crippen molar-refractivity contribution < 1.29 is 13.2 Å². The van der Waals surface area contributed by atoms with Crippen LogP contribution in [0.5, 0.6) is 0 Å². The zero-order valence-corrected chi connectivity index (χ0v) is 13.2. The lowest BCUT2D eigenvalue weighted by molar-refractivity contribution is -0.137. The van der Waals surface area contributed by atoms with Crippen molar-refractivity contribution in [2.45, 2.75) is 43.8 Å². The molecule has 20 heavy (non-hydrogen) atoms. The zero-order chi connectivity index (χ0) is 14.8. The highest BCUT2D eigenvalue weighted by Crippen LogP contribution is 2.38. The fraction of sp³-hybridized carbons (Fsp3) is 0.571. The van der Waals surface area contributed by atoms with Crippen molar-refractivity contribution in [2.24, 2.45) is 0 Å². The van der Waals surface area contributed by atoms with Gasteiger partial charge in [-0.3, -0.25) is 0 Å². The Hall–Kier alpha value is -0.420. The monoisotopic (exact) mass is 369 g/mol. The minimum absolute atomic E-state index is 0.206. The minimum atomic E-state index is -4.32. The van der Waals surface area contributed by atoms with Gasteiger partial charge in [0.15, 0.2) is 0 Å². The molecular weight excluding hydrogens is 355 g/mol. The van der Waals surface area contributed by atoms with E-state index in [1.165, 1.54) is 12.5 Å². The maximum atomic E-state index is 12.6. The van der Waals surface area contributed by atoms with Gasteiger partial charge in [-0.25, -0.2) is 0 Å². The molecule has 1 N–H and O–H groups in total. The molecule has 112 valence electrons. The molecule has 2 rings (SSSR count). The number of hydrogen-bond donors (Lipinski definition) is 1. The fourth-order valence-electron chi connectivity index (χ4n) is 2.60. The van der Waals surface area contributed by atoms with E-state index in [4.69, 9.17) is 11.6 Å². The van der Waals surface area contributed by atoms with E-state index in [2.05, 4.69) is 21.2 Å². The molecule has 1 aromatic rings. The van der Waals surface area contributed by atoms with E-state index in [0.717, 1.165) is 37.8 Å². The third-order valence-corrected chi connectivity index (χ3v) is 4.93. The summed E-state index contributed by atoms with van der Waals surface area (Å²) < 4.78 is 38.3. The summed E-state index contributed by atoms with van der Waals surface area (Å²) in [6, 6.07) is 3.67. The first-order valence-electron chi connectivity index (χ1n) is 6.57. The first kappa shape index (κ1) is 16.0. The molecule has 0 aromatic heterocycles. The third-order valence-electron chi connectivity index (χ3n) is 3.76. The SMILES string of the molecule is FC(F)(F)c1ccc(NC2(CCl)CCCCC2)c(Br)c1. The summed E-state index contributed by atoms with van der Waals surface area (Å²) in [7, 11) is 0. The number of anilines is 1. The van der Waals surface area contributed by atoms with E-state index in [9.17, 15) is 13.2 Å². The summed E-state index contributed by atoms with van der Waals surface area (Å²) >= 11 is 9.30. The highest BCUT2D eigenvalue weighted by molar-refractivity contribution is 9.10. The molecular formula is C14H16BrClF3N. The van der Waals surface area contributed by atoms with Crippen LogP contribution in [-0.4, -0.2) is 11.4 Å². The number of rotatable bonds is 3. The Morgan fingerprint density at radius 3 is 2.35 bits per heavy atom. The summed E-state index contributed by atoms with van der Waals surface area (Å²) in [5.41, 5.74) is -0.193. The Morgan fingerprint density at radius 2 is 1.85 bits per heavy atom. The van der Waals surface area contributed by atoms with Crippen molar-refractivity contribution in [3.8, 4) is 0 Å². The molecule has 0 aliphatic heterocycles. The van der Waals surface area contributed by atoms with E-state index >= 15 is 0 Å². The maximum absolute atomic E-state index is 12.6. The summed E-state index contributed by atoms with van der Waals surface area (Å²) in [6.45, 7) is 0. The largest absolute Gasteiger partial charge is 0.416 e. The zero-order valence-electron chi connectivity index (χ0n) is 10.9. The number of hydrogen-bond acceptors (Lipinski definition) is 1. The van der Waals surface area contributed by atoms with E-state index in [0.29, 0.717) is 16.0 Å². The number of alkyl halides is 4. The van der Waals surface area contributed by atoms with Crippen LogP contribution in [-0.2, 0) is 6.18 Å². The van der Waals surface area contributed by atoms with E-state index in [1.54, 1.807) is 0 Å². The number of nitrogens with one attached hydrogen (secondary N) is 1. The maximum Gasteiger partial charge on any atom is 0.416 e. The van der Waals surface area contributed by atoms with Gasteiger partial charge >= 0.3 is 6.18 Å². The smallest absolute Gasteiger partial charge is 0.377 e. The third kappa shape index (κ3) is 3.61. The molecule has 1 saturated carbocycles. The molecule has 6 heteroatoms. The van der Waals surface area contributed by atoms with E-state index in [1.807, 2.05) is 0 Å². The van der Waals surface area contributed by atoms with E-state index in [-0.39, 0.29) is 5.54 Å². The van der Waals surface area contributed by atoms with E-state index < -0.39 is 11.7 Å². The lowest BCUT2D eigenvalue weighted by Crippen LogP contribution is -2.42. The van der Waals surface area contributed by atoms with Crippen molar-refractivity contribution >= 4 is 33.2 Å². The van der Waals surface area contributed by atoms with Crippen molar-refractivity contribution in [3.63, 3.8) is 0 Å². The summed E-state index contributed by atoms with van der Waals surface area (Å²) in [6.07, 6.45) is 0.953. The van der Waals surface area contributed by atoms with Crippen LogP contribution in [0.4, 0.5) is 18.9 Å². The molecule has 0 radical (unpaired) electrons. The van der Waals surface area contributed by atoms with Gasteiger partial charge in [-0.1, -0.05) is 19.3 Å². The Balaban J connectivity index is 2.21. The highest BCUT2D eigenvalue weighted by Gasteiger charge is 2.33. The average Bonchev–Trinajstić information content (AvgIpc) is 2.41. The molecule has 0 atom stereocenters. The molecule has 0 bridgehead atoms. The Labute approximate surface area is 130 Å². The topological polar surface area (TPSA) is 12.0 Å². The predicted octanol–water partition coefficient (Wildman–Crippen LogP) is 5.82. The van der Waals surface area contributed by atoms with Gasteiger partial charge in [0.25, 0.3) is 0 Å². The molecule has 0 saturated heterocycles. The molecule has 0 spiro atoms. The van der Waals surface area contributed by atoms with Crippen LogP contribution in [0, 0.1) is 0 Å². The molecule has 0 amide bonds. The first-order valence-corrected chi connectivity index (χ1v) is 7.90. The van der Waals surface area contributed by atoms with Crippen LogP contribution in [0.3, 0.4) is 0 Å². The Morgan fingerprint density at radius 1 is 1.20 bits per heavy atom. The lowest BCUT2D eigenvalue weighted by atomic mass is 9.83. The lowest BCUT2D eigenvalue weighted by Gasteiger charge is -2.37. The van der Waals surface area contributed by atoms with Crippen molar-refractivity contribution in [1.29, 1.82) is 0 Å². The second-order valence-electron chi connectivity index (χ2n) is 5.29. The summed E-state index contributed by atoms with van der Waals surface area (Å²) in [5, 5.41) is 3.34. The predicted molar refractivity (Wildman–Crippen MR) is 79.3 cm³/mol. The van der Waals surface area contributed by atoms with Crippen LogP contribution in [0.2, 0.25) is 0 Å². The second-order valence-corrected chi connectivity index (χ2v) is 6.41. The normalized spacial score (nSPS) is 18.9. The van der Waals surface area contributed by atoms with Crippen LogP contribution in [0.15, 0.2) is 22.7 Å². The standard InChI is InChI=1S/C14H16BrClF3N/c15-11-8-10(14(17,18)19)4-5-12(11)20-13(9-16)6-2-1-3-7-13/h4-5,8,20H,1-3,6-7,9H2. The fourth-order valence-corrected chi connectivity index (χ4v) is 3.41. The van der Waals surface area contributed by atoms with Gasteiger partial charge in [-0.15, -0.1) is 11.6 Å². The van der Waals surface area contributed by atoms with Crippen LogP contribution in [0.25, 0.3) is 0 Å². The first-order chi connectivity index (χ1) is 9.36. The van der Waals surface area contributed by atoms with Gasteiger partial charge < -0.3 is 5.32 Å². The molecule has 1 aromatic carbocycles. The van der Waals surface area contributed by atoms with Crippen LogP contribution < -0.4 is 5.32 Å². The van der Waals surface area contributed by atoms with Gasteiger partial charge in [0.2, 0.25) is 0 Å². The minimum Gasteiger partial charge on any atom is -0.377 e. The molecule has 0 heterocycles. The quantitative estimate of drug-likeness (QED) is 0.661. The van der Waals surface area contributed by atoms with Crippen molar-refractivity contribution in [2.75, 3.05) is 11.2 Å². The number of benzene rings is 1.